The first-order valence-electron chi connectivity index (χ1n) is 7.86. The summed E-state index contributed by atoms with van der Waals surface area (Å²) in [6.07, 6.45) is 3.97. The van der Waals surface area contributed by atoms with Gasteiger partial charge in [-0.25, -0.2) is 0 Å². The molecule has 1 aromatic heterocycles. The van der Waals surface area contributed by atoms with E-state index in [4.69, 9.17) is 16.6 Å². The van der Waals surface area contributed by atoms with E-state index in [1.807, 2.05) is 13.8 Å². The third-order valence-electron chi connectivity index (χ3n) is 4.21. The molecule has 26 heavy (non-hydrogen) atoms. The van der Waals surface area contributed by atoms with E-state index in [0.717, 1.165) is 11.1 Å². The third kappa shape index (κ3) is 2.97. The van der Waals surface area contributed by atoms with Crippen molar-refractivity contribution in [3.63, 3.8) is 0 Å². The zero-order valence-electron chi connectivity index (χ0n) is 14.3. The lowest BCUT2D eigenvalue weighted by molar-refractivity contribution is -0.128. The zero-order chi connectivity index (χ0) is 19.0. The lowest BCUT2D eigenvalue weighted by Crippen LogP contribution is -2.53. The topological polar surface area (TPSA) is 79.6 Å². The molecule has 6 nitrogen and oxygen atoms in total. The minimum absolute atomic E-state index is 0.00805. The summed E-state index contributed by atoms with van der Waals surface area (Å²) in [5.74, 6) is -1.24. The van der Waals surface area contributed by atoms with Crippen LogP contribution in [0.3, 0.4) is 0 Å². The molecule has 2 heterocycles. The first-order chi connectivity index (χ1) is 12.3. The Morgan fingerprint density at radius 1 is 1.23 bits per heavy atom. The summed E-state index contributed by atoms with van der Waals surface area (Å²) in [5.41, 5.74) is 2.02. The molecule has 0 radical (unpaired) electrons. The molecule has 0 bridgehead atoms. The van der Waals surface area contributed by atoms with Crippen molar-refractivity contribution in [1.82, 2.24) is 10.2 Å². The van der Waals surface area contributed by atoms with E-state index in [2.05, 4.69) is 11.9 Å². The lowest BCUT2D eigenvalue weighted by atomic mass is 10.0. The smallest absolute Gasteiger partial charge is 0.265 e. The molecule has 2 aromatic rings. The van der Waals surface area contributed by atoms with Gasteiger partial charge in [-0.05, 0) is 55.4 Å². The summed E-state index contributed by atoms with van der Waals surface area (Å²) in [4.78, 5) is 38.7. The number of nitrogens with zero attached hydrogens (tertiary/aromatic N) is 1. The molecule has 1 saturated heterocycles. The number of amides is 2. The molecular formula is C19H16N2O4S. The summed E-state index contributed by atoms with van der Waals surface area (Å²) in [7, 11) is 0. The fourth-order valence-corrected chi connectivity index (χ4v) is 2.89. The Balaban J connectivity index is 2.13. The predicted molar refractivity (Wildman–Crippen MR) is 103 cm³/mol. The molecule has 7 heteroatoms. The van der Waals surface area contributed by atoms with Crippen molar-refractivity contribution in [2.75, 3.05) is 6.54 Å². The summed E-state index contributed by atoms with van der Waals surface area (Å²) < 4.78 is 5.52. The van der Waals surface area contributed by atoms with E-state index in [1.165, 1.54) is 23.3 Å². The highest BCUT2D eigenvalue weighted by Gasteiger charge is 2.32. The van der Waals surface area contributed by atoms with Crippen molar-refractivity contribution >= 4 is 46.2 Å². The molecule has 0 atom stereocenters. The maximum Gasteiger partial charge on any atom is 0.265 e. The minimum atomic E-state index is -0.653. The molecule has 1 aromatic carbocycles. The van der Waals surface area contributed by atoms with Crippen LogP contribution in [0, 0.1) is 13.8 Å². The van der Waals surface area contributed by atoms with Gasteiger partial charge in [0.05, 0.1) is 10.9 Å². The molecule has 0 aliphatic carbocycles. The van der Waals surface area contributed by atoms with Crippen LogP contribution in [0.4, 0.5) is 0 Å². The van der Waals surface area contributed by atoms with E-state index in [1.54, 1.807) is 12.1 Å². The predicted octanol–water partition coefficient (Wildman–Crippen LogP) is 2.22. The lowest BCUT2D eigenvalue weighted by Gasteiger charge is -2.27. The standard InChI is InChI=1S/C19H16N2O4S/c1-4-5-21-18(24)14(17(23)20-19(21)26)8-12-9-25-15-7-11(3)10(2)6-13(15)16(12)22/h4,6-9H,1,5H2,2-3H3,(H,20,23,26)/b14-8+. The Kier molecular flexibility index (Phi) is 4.56. The van der Waals surface area contributed by atoms with Gasteiger partial charge < -0.3 is 4.42 Å². The van der Waals surface area contributed by atoms with Crippen LogP contribution in [0.5, 0.6) is 0 Å². The Labute approximate surface area is 154 Å². The fraction of sp³-hybridized carbons (Fsp3) is 0.158. The molecule has 3 rings (SSSR count). The highest BCUT2D eigenvalue weighted by atomic mass is 32.1. The van der Waals surface area contributed by atoms with Crippen molar-refractivity contribution in [3.8, 4) is 0 Å². The molecule has 1 aliphatic heterocycles. The second-order valence-corrected chi connectivity index (χ2v) is 6.36. The van der Waals surface area contributed by atoms with Crippen molar-refractivity contribution in [1.29, 1.82) is 0 Å². The molecule has 132 valence electrons. The van der Waals surface area contributed by atoms with Crippen molar-refractivity contribution < 1.29 is 14.0 Å². The molecule has 1 aliphatic rings. The number of fused-ring (bicyclic) bond motifs is 1. The van der Waals surface area contributed by atoms with E-state index in [9.17, 15) is 14.4 Å². The Hall–Kier alpha value is -3.06. The minimum Gasteiger partial charge on any atom is -0.463 e. The number of thiocarbonyl (C=S) groups is 1. The van der Waals surface area contributed by atoms with E-state index < -0.39 is 11.8 Å². The highest BCUT2D eigenvalue weighted by Crippen LogP contribution is 2.19. The van der Waals surface area contributed by atoms with Gasteiger partial charge in [0.2, 0.25) is 0 Å². The van der Waals surface area contributed by atoms with Crippen LogP contribution in [-0.4, -0.2) is 28.4 Å². The SMILES string of the molecule is C=CCN1C(=O)/C(=C/c2coc3cc(C)c(C)cc3c2=O)C(=O)NC1=S. The fourth-order valence-electron chi connectivity index (χ4n) is 2.64. The first kappa shape index (κ1) is 17.8. The molecule has 0 spiro atoms. The van der Waals surface area contributed by atoms with Crippen molar-refractivity contribution in [2.24, 2.45) is 0 Å². The second kappa shape index (κ2) is 6.68. The largest absolute Gasteiger partial charge is 0.463 e. The van der Waals surface area contributed by atoms with Gasteiger partial charge in [0.25, 0.3) is 11.8 Å². The number of benzene rings is 1. The van der Waals surface area contributed by atoms with Crippen LogP contribution in [-0.2, 0) is 9.59 Å². The molecule has 0 saturated carbocycles. The number of aryl methyl sites for hydroxylation is 2. The van der Waals surface area contributed by atoms with Crippen LogP contribution >= 0.6 is 12.2 Å². The van der Waals surface area contributed by atoms with Gasteiger partial charge in [-0.1, -0.05) is 6.08 Å². The van der Waals surface area contributed by atoms with Crippen molar-refractivity contribution in [2.45, 2.75) is 13.8 Å². The molecule has 0 unspecified atom stereocenters. The number of carbonyl (C=O) groups is 2. The van der Waals surface area contributed by atoms with Gasteiger partial charge in [-0.2, -0.15) is 0 Å². The molecule has 2 amide bonds. The van der Waals surface area contributed by atoms with E-state index in [-0.39, 0.29) is 28.2 Å². The Morgan fingerprint density at radius 2 is 1.92 bits per heavy atom. The molecular weight excluding hydrogens is 352 g/mol. The van der Waals surface area contributed by atoms with Gasteiger partial charge in [0.1, 0.15) is 17.4 Å². The van der Waals surface area contributed by atoms with Crippen molar-refractivity contribution in [3.05, 3.63) is 63.5 Å². The zero-order valence-corrected chi connectivity index (χ0v) is 15.1. The normalized spacial score (nSPS) is 16.3. The van der Waals surface area contributed by atoms with Gasteiger partial charge in [-0.15, -0.1) is 6.58 Å². The summed E-state index contributed by atoms with van der Waals surface area (Å²) in [6, 6.07) is 3.52. The third-order valence-corrected chi connectivity index (χ3v) is 4.54. The van der Waals surface area contributed by atoms with Gasteiger partial charge in [0.15, 0.2) is 10.5 Å². The molecule has 1 N–H and O–H groups in total. The Morgan fingerprint density at radius 3 is 2.62 bits per heavy atom. The maximum absolute atomic E-state index is 12.7. The van der Waals surface area contributed by atoms with Crippen LogP contribution in [0.2, 0.25) is 0 Å². The van der Waals surface area contributed by atoms with Crippen LogP contribution in [0.25, 0.3) is 17.0 Å². The van der Waals surface area contributed by atoms with E-state index in [0.29, 0.717) is 11.0 Å². The van der Waals surface area contributed by atoms with Crippen LogP contribution in [0.15, 0.2) is 45.8 Å². The number of rotatable bonds is 3. The first-order valence-corrected chi connectivity index (χ1v) is 8.27. The average molecular weight is 368 g/mol. The Bertz CT molecular complexity index is 1070. The van der Waals surface area contributed by atoms with E-state index >= 15 is 0 Å². The average Bonchev–Trinajstić information content (AvgIpc) is 2.59. The number of hydrogen-bond donors (Lipinski definition) is 1. The number of hydrogen-bond acceptors (Lipinski definition) is 5. The summed E-state index contributed by atoms with van der Waals surface area (Å²) in [5, 5.41) is 2.84. The highest BCUT2D eigenvalue weighted by molar-refractivity contribution is 7.80. The maximum atomic E-state index is 12.7. The summed E-state index contributed by atoms with van der Waals surface area (Å²) in [6.45, 7) is 7.54. The van der Waals surface area contributed by atoms with Crippen LogP contribution in [0.1, 0.15) is 16.7 Å². The van der Waals surface area contributed by atoms with Gasteiger partial charge in [-0.3, -0.25) is 24.6 Å². The van der Waals surface area contributed by atoms with Gasteiger partial charge >= 0.3 is 0 Å². The number of carbonyl (C=O) groups excluding carboxylic acids is 2. The summed E-state index contributed by atoms with van der Waals surface area (Å²) >= 11 is 5.00. The second-order valence-electron chi connectivity index (χ2n) is 5.97. The number of nitrogens with one attached hydrogen (secondary N) is 1. The molecule has 1 fully saturated rings. The van der Waals surface area contributed by atoms with Gasteiger partial charge in [0, 0.05) is 6.54 Å². The quantitative estimate of drug-likeness (QED) is 0.389. The monoisotopic (exact) mass is 368 g/mol. The van der Waals surface area contributed by atoms with Crippen LogP contribution < -0.4 is 10.7 Å².